The largest absolute Gasteiger partial charge is 0.489 e. The Morgan fingerprint density at radius 2 is 1.71 bits per heavy atom. The van der Waals surface area contributed by atoms with E-state index in [1.807, 2.05) is 48.5 Å². The molecule has 24 heavy (non-hydrogen) atoms. The van der Waals surface area contributed by atoms with E-state index in [0.717, 1.165) is 48.5 Å². The van der Waals surface area contributed by atoms with E-state index in [1.165, 1.54) is 0 Å². The zero-order valence-corrected chi connectivity index (χ0v) is 13.7. The fourth-order valence-electron chi connectivity index (χ4n) is 3.47. The van der Waals surface area contributed by atoms with Gasteiger partial charge in [-0.3, -0.25) is 4.79 Å². The summed E-state index contributed by atoms with van der Waals surface area (Å²) >= 11 is 0. The number of nitrogens with zero attached hydrogens (tertiary/aromatic N) is 1. The molecule has 0 aromatic heterocycles. The molecule has 0 atom stereocenters. The van der Waals surface area contributed by atoms with E-state index in [4.69, 9.17) is 4.74 Å². The number of hydrogen-bond donors (Lipinski definition) is 0. The molecule has 3 saturated heterocycles. The summed E-state index contributed by atoms with van der Waals surface area (Å²) in [5.41, 5.74) is 3.09. The molecule has 2 aromatic rings. The normalized spacial score (nSPS) is 19.1. The van der Waals surface area contributed by atoms with Crippen molar-refractivity contribution in [2.24, 2.45) is 5.92 Å². The van der Waals surface area contributed by atoms with E-state index in [1.54, 1.807) is 0 Å². The number of rotatable bonds is 4. The van der Waals surface area contributed by atoms with Crippen LogP contribution in [0.2, 0.25) is 0 Å². The van der Waals surface area contributed by atoms with Crippen molar-refractivity contribution in [3.05, 3.63) is 71.4 Å². The van der Waals surface area contributed by atoms with Crippen molar-refractivity contribution < 1.29 is 9.53 Å². The predicted octanol–water partition coefficient (Wildman–Crippen LogP) is 3.90. The van der Waals surface area contributed by atoms with Gasteiger partial charge in [-0.2, -0.15) is 0 Å². The summed E-state index contributed by atoms with van der Waals surface area (Å²) in [5, 5.41) is 0. The number of carbonyl (C=O) groups excluding carboxylic acids is 1. The Hall–Kier alpha value is -2.55. The van der Waals surface area contributed by atoms with Crippen LogP contribution in [0.25, 0.3) is 6.08 Å². The molecule has 0 spiro atoms. The summed E-state index contributed by atoms with van der Waals surface area (Å²) in [6, 6.07) is 18.1. The summed E-state index contributed by atoms with van der Waals surface area (Å²) in [6.45, 7) is 2.59. The molecule has 2 aromatic carbocycles. The molecule has 3 fully saturated rings. The zero-order chi connectivity index (χ0) is 16.4. The van der Waals surface area contributed by atoms with Crippen molar-refractivity contribution in [1.82, 2.24) is 4.90 Å². The second-order valence-electron chi connectivity index (χ2n) is 6.50. The van der Waals surface area contributed by atoms with Gasteiger partial charge in [0.15, 0.2) is 5.78 Å². The number of ketones is 1. The Labute approximate surface area is 142 Å². The predicted molar refractivity (Wildman–Crippen MR) is 94.5 cm³/mol. The molecule has 0 saturated carbocycles. The maximum Gasteiger partial charge on any atom is 0.182 e. The maximum atomic E-state index is 12.4. The van der Waals surface area contributed by atoms with Gasteiger partial charge in [0, 0.05) is 19.0 Å². The van der Waals surface area contributed by atoms with Crippen LogP contribution in [0.1, 0.15) is 24.0 Å². The van der Waals surface area contributed by atoms with Crippen molar-refractivity contribution in [3.8, 4) is 5.75 Å². The Bertz CT molecular complexity index is 741. The first kappa shape index (κ1) is 15.0. The number of benzene rings is 2. The molecule has 122 valence electrons. The number of ether oxygens (including phenoxy) is 1. The quantitative estimate of drug-likeness (QED) is 0.801. The van der Waals surface area contributed by atoms with Gasteiger partial charge in [0.1, 0.15) is 12.4 Å². The molecule has 3 heterocycles. The molecule has 0 radical (unpaired) electrons. The fraction of sp³-hybridized carbons (Fsp3) is 0.286. The first-order valence-corrected chi connectivity index (χ1v) is 8.57. The SMILES string of the molecule is O=C1C(=Cc2ccc(OCc3ccccc3)cc2)N2CCC1CC2. The average molecular weight is 319 g/mol. The van der Waals surface area contributed by atoms with Crippen LogP contribution in [0, 0.1) is 5.92 Å². The lowest BCUT2D eigenvalue weighted by atomic mass is 9.84. The molecule has 3 heteroatoms. The molecule has 5 rings (SSSR count). The summed E-state index contributed by atoms with van der Waals surface area (Å²) in [4.78, 5) is 14.6. The van der Waals surface area contributed by atoms with Crippen molar-refractivity contribution in [1.29, 1.82) is 0 Å². The summed E-state index contributed by atoms with van der Waals surface area (Å²) < 4.78 is 5.81. The van der Waals surface area contributed by atoms with Crippen molar-refractivity contribution in [2.45, 2.75) is 19.4 Å². The molecule has 0 unspecified atom stereocenters. The van der Waals surface area contributed by atoms with Crippen molar-refractivity contribution in [3.63, 3.8) is 0 Å². The van der Waals surface area contributed by atoms with Crippen LogP contribution < -0.4 is 4.74 Å². The smallest absolute Gasteiger partial charge is 0.182 e. The van der Waals surface area contributed by atoms with Gasteiger partial charge in [-0.05, 0) is 42.2 Å². The van der Waals surface area contributed by atoms with Crippen LogP contribution in [-0.2, 0) is 11.4 Å². The van der Waals surface area contributed by atoms with Gasteiger partial charge in [0.25, 0.3) is 0 Å². The molecule has 0 N–H and O–H groups in total. The Kier molecular flexibility index (Phi) is 4.08. The maximum absolute atomic E-state index is 12.4. The lowest BCUT2D eigenvalue weighted by molar-refractivity contribution is -0.125. The number of allylic oxidation sites excluding steroid dienone is 1. The van der Waals surface area contributed by atoms with Gasteiger partial charge in [-0.1, -0.05) is 42.5 Å². The number of Topliss-reactive ketones (excluding diaryl/α,β-unsaturated/α-hetero) is 1. The Morgan fingerprint density at radius 1 is 1.00 bits per heavy atom. The number of hydrogen-bond acceptors (Lipinski definition) is 3. The molecule has 2 bridgehead atoms. The molecule has 3 aliphatic rings. The Balaban J connectivity index is 1.44. The van der Waals surface area contributed by atoms with Gasteiger partial charge in [0.05, 0.1) is 5.70 Å². The zero-order valence-electron chi connectivity index (χ0n) is 13.7. The van der Waals surface area contributed by atoms with E-state index in [2.05, 4.69) is 17.0 Å². The highest BCUT2D eigenvalue weighted by Crippen LogP contribution is 2.32. The lowest BCUT2D eigenvalue weighted by Gasteiger charge is -2.41. The molecule has 0 amide bonds. The van der Waals surface area contributed by atoms with E-state index >= 15 is 0 Å². The third kappa shape index (κ3) is 3.07. The van der Waals surface area contributed by atoms with Crippen molar-refractivity contribution in [2.75, 3.05) is 13.1 Å². The van der Waals surface area contributed by atoms with E-state index in [-0.39, 0.29) is 5.92 Å². The van der Waals surface area contributed by atoms with Crippen LogP contribution in [0.5, 0.6) is 5.75 Å². The van der Waals surface area contributed by atoms with E-state index < -0.39 is 0 Å². The molecular formula is C21H21NO2. The minimum atomic E-state index is 0.245. The average Bonchev–Trinajstić information content (AvgIpc) is 2.65. The molecule has 3 nitrogen and oxygen atoms in total. The first-order chi connectivity index (χ1) is 11.8. The standard InChI is InChI=1S/C21H21NO2/c23-21-18-10-12-22(13-11-18)20(21)14-16-6-8-19(9-7-16)24-15-17-4-2-1-3-5-17/h1-9,14,18H,10-13,15H2. The van der Waals surface area contributed by atoms with Gasteiger partial charge in [-0.25, -0.2) is 0 Å². The highest BCUT2D eigenvalue weighted by atomic mass is 16.5. The summed E-state index contributed by atoms with van der Waals surface area (Å²) in [7, 11) is 0. The lowest BCUT2D eigenvalue weighted by Crippen LogP contribution is -2.45. The second kappa shape index (κ2) is 6.52. The van der Waals surface area contributed by atoms with Gasteiger partial charge >= 0.3 is 0 Å². The number of piperidine rings is 3. The minimum absolute atomic E-state index is 0.245. The first-order valence-electron chi connectivity index (χ1n) is 8.57. The van der Waals surface area contributed by atoms with E-state index in [0.29, 0.717) is 12.4 Å². The van der Waals surface area contributed by atoms with Crippen LogP contribution >= 0.6 is 0 Å². The highest BCUT2D eigenvalue weighted by Gasteiger charge is 2.36. The number of fused-ring (bicyclic) bond motifs is 3. The minimum Gasteiger partial charge on any atom is -0.489 e. The molecule has 0 aliphatic carbocycles. The summed E-state index contributed by atoms with van der Waals surface area (Å²) in [5.74, 6) is 1.41. The van der Waals surface area contributed by atoms with E-state index in [9.17, 15) is 4.79 Å². The molecular weight excluding hydrogens is 298 g/mol. The van der Waals surface area contributed by atoms with Gasteiger partial charge in [-0.15, -0.1) is 0 Å². The summed E-state index contributed by atoms with van der Waals surface area (Å²) in [6.07, 6.45) is 4.06. The van der Waals surface area contributed by atoms with Crippen LogP contribution in [0.15, 0.2) is 60.3 Å². The highest BCUT2D eigenvalue weighted by molar-refractivity contribution is 6.01. The van der Waals surface area contributed by atoms with Crippen LogP contribution in [0.4, 0.5) is 0 Å². The second-order valence-corrected chi connectivity index (χ2v) is 6.50. The third-order valence-corrected chi connectivity index (χ3v) is 4.89. The topological polar surface area (TPSA) is 29.5 Å². The third-order valence-electron chi connectivity index (χ3n) is 4.89. The van der Waals surface area contributed by atoms with Crippen molar-refractivity contribution >= 4 is 11.9 Å². The fourth-order valence-corrected chi connectivity index (χ4v) is 3.47. The monoisotopic (exact) mass is 319 g/mol. The van der Waals surface area contributed by atoms with Crippen LogP contribution in [0.3, 0.4) is 0 Å². The van der Waals surface area contributed by atoms with Gasteiger partial charge < -0.3 is 9.64 Å². The van der Waals surface area contributed by atoms with Gasteiger partial charge in [0.2, 0.25) is 0 Å². The molecule has 3 aliphatic heterocycles. The Morgan fingerprint density at radius 3 is 2.38 bits per heavy atom. The number of carbonyl (C=O) groups is 1. The van der Waals surface area contributed by atoms with Crippen LogP contribution in [-0.4, -0.2) is 23.8 Å².